The molecule has 114 valence electrons. The Kier molecular flexibility index (Phi) is 3.71. The molecule has 1 aliphatic rings. The highest BCUT2D eigenvalue weighted by molar-refractivity contribution is 6.04. The van der Waals surface area contributed by atoms with Gasteiger partial charge in [-0.2, -0.15) is 0 Å². The third kappa shape index (κ3) is 2.62. The van der Waals surface area contributed by atoms with Crippen LogP contribution in [-0.4, -0.2) is 19.1 Å². The monoisotopic (exact) mass is 300 g/mol. The number of nitrogens with one attached hydrogen (secondary N) is 1. The molecular weight excluding hydrogens is 283 g/mol. The van der Waals surface area contributed by atoms with Gasteiger partial charge in [-0.25, -0.2) is 4.39 Å². The molecule has 1 aliphatic heterocycles. The average molecular weight is 300 g/mol. The molecule has 0 aliphatic carbocycles. The highest BCUT2D eigenvalue weighted by Crippen LogP contribution is 2.35. The molecule has 0 saturated heterocycles. The second-order valence-corrected chi connectivity index (χ2v) is 5.30. The lowest BCUT2D eigenvalue weighted by molar-refractivity contribution is -0.119. The van der Waals surface area contributed by atoms with Crippen molar-refractivity contribution in [1.82, 2.24) is 0 Å². The van der Waals surface area contributed by atoms with E-state index in [1.165, 1.54) is 12.1 Å². The van der Waals surface area contributed by atoms with Crippen LogP contribution in [0.25, 0.3) is 0 Å². The number of carbonyl (C=O) groups is 1. The van der Waals surface area contributed by atoms with Gasteiger partial charge in [0, 0.05) is 6.07 Å². The third-order valence-corrected chi connectivity index (χ3v) is 3.76. The van der Waals surface area contributed by atoms with E-state index >= 15 is 0 Å². The van der Waals surface area contributed by atoms with Gasteiger partial charge < -0.3 is 15.0 Å². The number of nitrogens with zero attached hydrogens (tertiary/aromatic N) is 1. The van der Waals surface area contributed by atoms with Crippen LogP contribution in [0.15, 0.2) is 42.5 Å². The van der Waals surface area contributed by atoms with Crippen molar-refractivity contribution in [3.63, 3.8) is 0 Å². The third-order valence-electron chi connectivity index (χ3n) is 3.76. The minimum Gasteiger partial charge on any atom is -0.497 e. The molecule has 1 amide bonds. The van der Waals surface area contributed by atoms with Gasteiger partial charge >= 0.3 is 0 Å². The Morgan fingerprint density at radius 2 is 1.95 bits per heavy atom. The first kappa shape index (κ1) is 14.4. The first-order valence-corrected chi connectivity index (χ1v) is 7.09. The summed E-state index contributed by atoms with van der Waals surface area (Å²) in [4.78, 5) is 14.2. The lowest BCUT2D eigenvalue weighted by Crippen LogP contribution is -2.45. The lowest BCUT2D eigenvalue weighted by Gasteiger charge is -2.34. The van der Waals surface area contributed by atoms with Gasteiger partial charge in [-0.15, -0.1) is 0 Å². The number of hydrogen-bond donors (Lipinski definition) is 1. The topological polar surface area (TPSA) is 41.6 Å². The molecule has 2 aromatic rings. The Morgan fingerprint density at radius 1 is 1.23 bits per heavy atom. The van der Waals surface area contributed by atoms with Crippen LogP contribution in [0.5, 0.6) is 5.75 Å². The van der Waals surface area contributed by atoms with Gasteiger partial charge in [-0.3, -0.25) is 4.79 Å². The van der Waals surface area contributed by atoms with Crippen LogP contribution in [0.3, 0.4) is 0 Å². The molecule has 1 atom stereocenters. The molecule has 22 heavy (non-hydrogen) atoms. The van der Waals surface area contributed by atoms with E-state index in [0.29, 0.717) is 6.54 Å². The van der Waals surface area contributed by atoms with Crippen LogP contribution in [0, 0.1) is 5.82 Å². The molecule has 2 aromatic carbocycles. The first-order chi connectivity index (χ1) is 10.6. The number of hydrogen-bond acceptors (Lipinski definition) is 3. The van der Waals surface area contributed by atoms with Crippen LogP contribution in [0.2, 0.25) is 0 Å². The SMILES string of the molecule is COc1ccc2c(c1)NC(C)C(=O)N2Cc1ccc(F)cc1. The zero-order valence-corrected chi connectivity index (χ0v) is 12.5. The highest BCUT2D eigenvalue weighted by atomic mass is 19.1. The number of methoxy groups -OCH3 is 1. The van der Waals surface area contributed by atoms with E-state index in [1.54, 1.807) is 24.1 Å². The molecule has 0 spiro atoms. The number of rotatable bonds is 3. The van der Waals surface area contributed by atoms with E-state index in [9.17, 15) is 9.18 Å². The van der Waals surface area contributed by atoms with E-state index in [2.05, 4.69) is 5.32 Å². The molecule has 0 radical (unpaired) electrons. The molecule has 0 aromatic heterocycles. The summed E-state index contributed by atoms with van der Waals surface area (Å²) in [6.07, 6.45) is 0. The molecule has 0 saturated carbocycles. The van der Waals surface area contributed by atoms with E-state index < -0.39 is 0 Å². The fraction of sp³-hybridized carbons (Fsp3) is 0.235. The van der Waals surface area contributed by atoms with E-state index in [-0.39, 0.29) is 17.8 Å². The molecule has 5 heteroatoms. The molecule has 0 bridgehead atoms. The number of fused-ring (bicyclic) bond motifs is 1. The van der Waals surface area contributed by atoms with E-state index in [0.717, 1.165) is 22.7 Å². The Bertz CT molecular complexity index is 700. The van der Waals surface area contributed by atoms with Gasteiger partial charge in [0.2, 0.25) is 5.91 Å². The number of amides is 1. The quantitative estimate of drug-likeness (QED) is 0.946. The minimum absolute atomic E-state index is 0.0120. The minimum atomic E-state index is -0.319. The summed E-state index contributed by atoms with van der Waals surface area (Å²) in [6.45, 7) is 2.23. The average Bonchev–Trinajstić information content (AvgIpc) is 2.53. The summed E-state index contributed by atoms with van der Waals surface area (Å²) < 4.78 is 18.2. The Balaban J connectivity index is 1.96. The lowest BCUT2D eigenvalue weighted by atomic mass is 10.1. The second-order valence-electron chi connectivity index (χ2n) is 5.30. The van der Waals surface area contributed by atoms with Crippen molar-refractivity contribution in [2.45, 2.75) is 19.5 Å². The molecule has 1 unspecified atom stereocenters. The summed E-state index contributed by atoms with van der Waals surface area (Å²) in [5, 5.41) is 3.18. The summed E-state index contributed by atoms with van der Waals surface area (Å²) >= 11 is 0. The summed E-state index contributed by atoms with van der Waals surface area (Å²) in [5.41, 5.74) is 2.53. The smallest absolute Gasteiger partial charge is 0.249 e. The molecule has 3 rings (SSSR count). The zero-order chi connectivity index (χ0) is 15.7. The first-order valence-electron chi connectivity index (χ1n) is 7.09. The van der Waals surface area contributed by atoms with Crippen molar-refractivity contribution in [1.29, 1.82) is 0 Å². The zero-order valence-electron chi connectivity index (χ0n) is 12.5. The van der Waals surface area contributed by atoms with Gasteiger partial charge in [0.15, 0.2) is 0 Å². The second kappa shape index (κ2) is 5.67. The number of ether oxygens (including phenoxy) is 1. The van der Waals surface area contributed by atoms with Crippen LogP contribution in [0.4, 0.5) is 15.8 Å². The van der Waals surface area contributed by atoms with Gasteiger partial charge in [0.05, 0.1) is 25.0 Å². The van der Waals surface area contributed by atoms with Crippen LogP contribution in [-0.2, 0) is 11.3 Å². The summed E-state index contributed by atoms with van der Waals surface area (Å²) in [7, 11) is 1.61. The van der Waals surface area contributed by atoms with Gasteiger partial charge in [0.25, 0.3) is 0 Å². The van der Waals surface area contributed by atoms with Crippen molar-refractivity contribution < 1.29 is 13.9 Å². The van der Waals surface area contributed by atoms with E-state index in [1.807, 2.05) is 25.1 Å². The van der Waals surface area contributed by atoms with Gasteiger partial charge in [0.1, 0.15) is 17.6 Å². The Hall–Kier alpha value is -2.56. The number of benzene rings is 2. The fourth-order valence-electron chi connectivity index (χ4n) is 2.58. The Labute approximate surface area is 128 Å². The van der Waals surface area contributed by atoms with Crippen LogP contribution < -0.4 is 15.0 Å². The van der Waals surface area contributed by atoms with Crippen molar-refractivity contribution in [2.75, 3.05) is 17.3 Å². The van der Waals surface area contributed by atoms with Crippen LogP contribution >= 0.6 is 0 Å². The summed E-state index contributed by atoms with van der Waals surface area (Å²) in [6, 6.07) is 11.4. The predicted octanol–water partition coefficient (Wildman–Crippen LogP) is 3.18. The van der Waals surface area contributed by atoms with E-state index in [4.69, 9.17) is 4.74 Å². The maximum absolute atomic E-state index is 13.0. The molecular formula is C17H17FN2O2. The van der Waals surface area contributed by atoms with Gasteiger partial charge in [-0.1, -0.05) is 12.1 Å². The number of anilines is 2. The van der Waals surface area contributed by atoms with Gasteiger partial charge in [-0.05, 0) is 36.8 Å². The maximum atomic E-state index is 13.0. The molecule has 1 N–H and O–H groups in total. The Morgan fingerprint density at radius 3 is 2.64 bits per heavy atom. The molecule has 0 fully saturated rings. The largest absolute Gasteiger partial charge is 0.497 e. The predicted molar refractivity (Wildman–Crippen MR) is 83.7 cm³/mol. The number of carbonyl (C=O) groups excluding carboxylic acids is 1. The standard InChI is InChI=1S/C17H17FN2O2/c1-11-17(21)20(10-12-3-5-13(18)6-4-12)16-8-7-14(22-2)9-15(16)19-11/h3-9,11,19H,10H2,1-2H3. The van der Waals surface area contributed by atoms with Crippen LogP contribution in [0.1, 0.15) is 12.5 Å². The van der Waals surface area contributed by atoms with Crippen molar-refractivity contribution in [3.05, 3.63) is 53.8 Å². The maximum Gasteiger partial charge on any atom is 0.249 e. The van der Waals surface area contributed by atoms with Crippen molar-refractivity contribution >= 4 is 17.3 Å². The normalized spacial score (nSPS) is 17.0. The van der Waals surface area contributed by atoms with Crippen molar-refractivity contribution in [3.8, 4) is 5.75 Å². The molecule has 4 nitrogen and oxygen atoms in total. The fourth-order valence-corrected chi connectivity index (χ4v) is 2.58. The highest BCUT2D eigenvalue weighted by Gasteiger charge is 2.29. The summed E-state index contributed by atoms with van der Waals surface area (Å²) in [5.74, 6) is 0.436. The molecule has 1 heterocycles. The number of halogens is 1. The van der Waals surface area contributed by atoms with Crippen molar-refractivity contribution in [2.24, 2.45) is 0 Å².